The fourth-order valence-electron chi connectivity index (χ4n) is 3.81. The highest BCUT2D eigenvalue weighted by Gasteiger charge is 2.17. The van der Waals surface area contributed by atoms with Crippen molar-refractivity contribution in [2.75, 3.05) is 43.4 Å². The quantitative estimate of drug-likeness (QED) is 0.512. The summed E-state index contributed by atoms with van der Waals surface area (Å²) < 4.78 is 0. The number of nitrogens with one attached hydrogen (secondary N) is 1. The van der Waals surface area contributed by atoms with E-state index in [2.05, 4.69) is 49.2 Å². The number of nitrogens with zero attached hydrogens (tertiary/aromatic N) is 5. The molecule has 0 atom stereocenters. The van der Waals surface area contributed by atoms with Crippen molar-refractivity contribution in [3.8, 4) is 10.4 Å². The number of amides is 1. The second kappa shape index (κ2) is 8.64. The van der Waals surface area contributed by atoms with E-state index in [4.69, 9.17) is 0 Å². The molecule has 0 unspecified atom stereocenters. The molecule has 1 aliphatic heterocycles. The van der Waals surface area contributed by atoms with Gasteiger partial charge in [-0.3, -0.25) is 4.79 Å². The van der Waals surface area contributed by atoms with Gasteiger partial charge in [0.2, 0.25) is 0 Å². The van der Waals surface area contributed by atoms with Crippen LogP contribution in [-0.4, -0.2) is 59.0 Å². The Morgan fingerprint density at radius 3 is 2.59 bits per heavy atom. The molecule has 8 heteroatoms. The lowest BCUT2D eigenvalue weighted by Crippen LogP contribution is -2.44. The summed E-state index contributed by atoms with van der Waals surface area (Å²) in [7, 11) is 2.12. The average molecular weight is 445 g/mol. The number of likely N-dealkylation sites (N-methyl/N-ethyl adjacent to an activating group) is 1. The van der Waals surface area contributed by atoms with Gasteiger partial charge in [0.05, 0.1) is 9.88 Å². The Kier molecular flexibility index (Phi) is 5.55. The molecule has 4 aromatic rings. The predicted octanol–water partition coefficient (Wildman–Crippen LogP) is 4.07. The van der Waals surface area contributed by atoms with E-state index in [1.807, 2.05) is 31.3 Å². The van der Waals surface area contributed by atoms with Gasteiger partial charge in [0.15, 0.2) is 0 Å². The maximum absolute atomic E-state index is 12.9. The zero-order valence-electron chi connectivity index (χ0n) is 18.1. The average Bonchev–Trinajstić information content (AvgIpc) is 3.25. The van der Waals surface area contributed by atoms with Crippen LogP contribution < -0.4 is 10.2 Å². The summed E-state index contributed by atoms with van der Waals surface area (Å²) in [5.74, 6) is 1.17. The highest BCUT2D eigenvalue weighted by molar-refractivity contribution is 7.15. The number of aryl methyl sites for hydroxylation is 1. The van der Waals surface area contributed by atoms with E-state index >= 15 is 0 Å². The molecule has 0 spiro atoms. The number of carbonyl (C=O) groups excluding carboxylic acids is 1. The topological polar surface area (TPSA) is 74.2 Å². The number of carbonyl (C=O) groups is 1. The first-order valence-electron chi connectivity index (χ1n) is 10.6. The van der Waals surface area contributed by atoms with Crippen LogP contribution in [0.5, 0.6) is 0 Å². The lowest BCUT2D eigenvalue weighted by Gasteiger charge is -2.33. The molecular formula is C24H24N6OS. The number of pyridine rings is 2. The molecule has 162 valence electrons. The van der Waals surface area contributed by atoms with Gasteiger partial charge >= 0.3 is 0 Å². The second-order valence-electron chi connectivity index (χ2n) is 8.02. The summed E-state index contributed by atoms with van der Waals surface area (Å²) in [6.45, 7) is 5.79. The molecule has 7 nitrogen and oxygen atoms in total. The van der Waals surface area contributed by atoms with Crippen LogP contribution >= 0.6 is 11.3 Å². The minimum atomic E-state index is -0.191. The van der Waals surface area contributed by atoms with Crippen LogP contribution in [-0.2, 0) is 0 Å². The van der Waals surface area contributed by atoms with Crippen LogP contribution in [0.1, 0.15) is 15.4 Å². The molecule has 0 saturated carbocycles. The smallest absolute Gasteiger partial charge is 0.257 e. The van der Waals surface area contributed by atoms with Gasteiger partial charge in [-0.2, -0.15) is 0 Å². The van der Waals surface area contributed by atoms with E-state index in [0.29, 0.717) is 11.4 Å². The molecule has 0 aliphatic carbocycles. The van der Waals surface area contributed by atoms with Crippen molar-refractivity contribution in [1.82, 2.24) is 19.9 Å². The number of rotatable bonds is 4. The van der Waals surface area contributed by atoms with Crippen LogP contribution in [0.2, 0.25) is 0 Å². The van der Waals surface area contributed by atoms with E-state index in [-0.39, 0.29) is 5.91 Å². The molecule has 32 heavy (non-hydrogen) atoms. The standard InChI is InChI=1S/C24H24N6OS/c1-16-26-15-21(32-16)17-3-4-19-14-27-22(12-20(19)11-17)28-24(31)18-5-6-25-23(13-18)30-9-7-29(2)8-10-30/h3-6,11-15H,7-10H2,1-2H3,(H,27,28,31). The molecule has 1 N–H and O–H groups in total. The van der Waals surface area contributed by atoms with Gasteiger partial charge in [-0.25, -0.2) is 15.0 Å². The number of piperazine rings is 1. The van der Waals surface area contributed by atoms with Gasteiger partial charge in [-0.1, -0.05) is 12.1 Å². The van der Waals surface area contributed by atoms with Crippen LogP contribution in [0.3, 0.4) is 0 Å². The second-order valence-corrected chi connectivity index (χ2v) is 9.26. The number of hydrogen-bond acceptors (Lipinski definition) is 7. The SMILES string of the molecule is Cc1ncc(-c2ccc3cnc(NC(=O)c4ccnc(N5CCN(C)CC5)c4)cc3c2)s1. The minimum absolute atomic E-state index is 0.191. The van der Waals surface area contributed by atoms with Crippen molar-refractivity contribution >= 4 is 39.7 Å². The lowest BCUT2D eigenvalue weighted by atomic mass is 10.1. The third-order valence-electron chi connectivity index (χ3n) is 5.70. The Hall–Kier alpha value is -3.36. The van der Waals surface area contributed by atoms with Crippen LogP contribution in [0, 0.1) is 6.92 Å². The first-order valence-corrected chi connectivity index (χ1v) is 11.4. The number of thiazole rings is 1. The summed E-state index contributed by atoms with van der Waals surface area (Å²) in [5, 5.41) is 6.02. The zero-order valence-corrected chi connectivity index (χ0v) is 18.9. The molecule has 1 saturated heterocycles. The Balaban J connectivity index is 1.36. The fourth-order valence-corrected chi connectivity index (χ4v) is 4.59. The van der Waals surface area contributed by atoms with Gasteiger partial charge in [0.25, 0.3) is 5.91 Å². The van der Waals surface area contributed by atoms with E-state index in [9.17, 15) is 4.79 Å². The molecule has 1 amide bonds. The van der Waals surface area contributed by atoms with E-state index in [0.717, 1.165) is 58.2 Å². The van der Waals surface area contributed by atoms with Gasteiger partial charge in [0, 0.05) is 55.7 Å². The lowest BCUT2D eigenvalue weighted by molar-refractivity contribution is 0.102. The van der Waals surface area contributed by atoms with Crippen molar-refractivity contribution in [3.63, 3.8) is 0 Å². The minimum Gasteiger partial charge on any atom is -0.354 e. The van der Waals surface area contributed by atoms with Crippen molar-refractivity contribution in [2.24, 2.45) is 0 Å². The highest BCUT2D eigenvalue weighted by atomic mass is 32.1. The number of aromatic nitrogens is 3. The zero-order chi connectivity index (χ0) is 22.1. The molecule has 1 aromatic carbocycles. The van der Waals surface area contributed by atoms with Gasteiger partial charge in [-0.15, -0.1) is 11.3 Å². The van der Waals surface area contributed by atoms with Gasteiger partial charge in [0.1, 0.15) is 11.6 Å². The number of benzene rings is 1. The van der Waals surface area contributed by atoms with Crippen molar-refractivity contribution in [1.29, 1.82) is 0 Å². The van der Waals surface area contributed by atoms with Gasteiger partial charge < -0.3 is 15.1 Å². The maximum Gasteiger partial charge on any atom is 0.257 e. The summed E-state index contributed by atoms with van der Waals surface area (Å²) in [4.78, 5) is 31.8. The highest BCUT2D eigenvalue weighted by Crippen LogP contribution is 2.29. The third kappa shape index (κ3) is 4.32. The summed E-state index contributed by atoms with van der Waals surface area (Å²) >= 11 is 1.67. The molecule has 1 aliphatic rings. The van der Waals surface area contributed by atoms with Crippen LogP contribution in [0.15, 0.2) is 55.0 Å². The number of fused-ring (bicyclic) bond motifs is 1. The van der Waals surface area contributed by atoms with Crippen molar-refractivity contribution in [3.05, 3.63) is 65.6 Å². The third-order valence-corrected chi connectivity index (χ3v) is 6.67. The Morgan fingerprint density at radius 1 is 0.969 bits per heavy atom. The predicted molar refractivity (Wildman–Crippen MR) is 129 cm³/mol. The molecular weight excluding hydrogens is 420 g/mol. The van der Waals surface area contributed by atoms with E-state index in [1.54, 1.807) is 29.8 Å². The summed E-state index contributed by atoms with van der Waals surface area (Å²) in [5.41, 5.74) is 1.68. The largest absolute Gasteiger partial charge is 0.354 e. The van der Waals surface area contributed by atoms with Crippen LogP contribution in [0.4, 0.5) is 11.6 Å². The van der Waals surface area contributed by atoms with Crippen molar-refractivity contribution in [2.45, 2.75) is 6.92 Å². The molecule has 1 fully saturated rings. The normalized spacial score (nSPS) is 14.6. The summed E-state index contributed by atoms with van der Waals surface area (Å²) in [6, 6.07) is 11.7. The molecule has 4 heterocycles. The van der Waals surface area contributed by atoms with E-state index < -0.39 is 0 Å². The molecule has 5 rings (SSSR count). The maximum atomic E-state index is 12.9. The fraction of sp³-hybridized carbons (Fsp3) is 0.250. The van der Waals surface area contributed by atoms with E-state index in [1.165, 1.54) is 0 Å². The Bertz CT molecular complexity index is 1280. The van der Waals surface area contributed by atoms with Crippen LogP contribution in [0.25, 0.3) is 21.2 Å². The number of anilines is 2. The first kappa shape index (κ1) is 20.5. The monoisotopic (exact) mass is 444 g/mol. The molecule has 3 aromatic heterocycles. The Morgan fingerprint density at radius 2 is 1.81 bits per heavy atom. The first-order chi connectivity index (χ1) is 15.5. The molecule has 0 bridgehead atoms. The Labute approximate surface area is 190 Å². The number of hydrogen-bond donors (Lipinski definition) is 1. The summed E-state index contributed by atoms with van der Waals surface area (Å²) in [6.07, 6.45) is 5.38. The molecule has 0 radical (unpaired) electrons. The van der Waals surface area contributed by atoms with Gasteiger partial charge in [-0.05, 0) is 49.2 Å². The van der Waals surface area contributed by atoms with Crippen molar-refractivity contribution < 1.29 is 4.79 Å².